The first-order valence-corrected chi connectivity index (χ1v) is 8.92. The van der Waals surface area contributed by atoms with E-state index in [1.54, 1.807) is 12.5 Å². The highest BCUT2D eigenvalue weighted by molar-refractivity contribution is 7.09. The van der Waals surface area contributed by atoms with Gasteiger partial charge in [0.05, 0.1) is 17.8 Å². The summed E-state index contributed by atoms with van der Waals surface area (Å²) >= 11 is 1.48. The quantitative estimate of drug-likeness (QED) is 0.831. The van der Waals surface area contributed by atoms with E-state index in [-0.39, 0.29) is 11.9 Å². The number of nitrogens with zero attached hydrogens (tertiary/aromatic N) is 2. The molecular weight excluding hydrogens is 324 g/mol. The zero-order valence-corrected chi connectivity index (χ0v) is 14.5. The number of anilines is 1. The van der Waals surface area contributed by atoms with Crippen LogP contribution in [0.5, 0.6) is 5.75 Å². The van der Waals surface area contributed by atoms with Gasteiger partial charge in [0.1, 0.15) is 11.4 Å². The van der Waals surface area contributed by atoms with Crippen LogP contribution < -0.4 is 20.7 Å². The first-order valence-electron chi connectivity index (χ1n) is 8.04. The van der Waals surface area contributed by atoms with Crippen molar-refractivity contribution in [1.29, 1.82) is 0 Å². The predicted octanol–water partition coefficient (Wildman–Crippen LogP) is 1.66. The molecule has 0 radical (unpaired) electrons. The molecule has 0 bridgehead atoms. The van der Waals surface area contributed by atoms with Crippen molar-refractivity contribution in [3.63, 3.8) is 0 Å². The average Bonchev–Trinajstić information content (AvgIpc) is 3.25. The molecule has 1 aromatic carbocycles. The molecule has 1 aromatic heterocycles. The fourth-order valence-electron chi connectivity index (χ4n) is 2.90. The van der Waals surface area contributed by atoms with Crippen molar-refractivity contribution in [1.82, 2.24) is 10.3 Å². The van der Waals surface area contributed by atoms with Crippen molar-refractivity contribution in [3.05, 3.63) is 40.3 Å². The summed E-state index contributed by atoms with van der Waals surface area (Å²) in [5.41, 5.74) is 7.07. The molecule has 128 valence electrons. The maximum absolute atomic E-state index is 12.3. The predicted molar refractivity (Wildman–Crippen MR) is 96.0 cm³/mol. The van der Waals surface area contributed by atoms with Gasteiger partial charge in [-0.15, -0.1) is 11.3 Å². The van der Waals surface area contributed by atoms with Crippen LogP contribution in [0, 0.1) is 0 Å². The normalized spacial score (nSPS) is 17.1. The third-order valence-electron chi connectivity index (χ3n) is 4.09. The highest BCUT2D eigenvalue weighted by Crippen LogP contribution is 2.30. The Morgan fingerprint density at radius 2 is 2.33 bits per heavy atom. The third-order valence-corrected chi connectivity index (χ3v) is 5.00. The lowest BCUT2D eigenvalue weighted by Gasteiger charge is -2.21. The zero-order chi connectivity index (χ0) is 16.9. The van der Waals surface area contributed by atoms with Crippen molar-refractivity contribution in [2.75, 3.05) is 31.6 Å². The topological polar surface area (TPSA) is 80.5 Å². The van der Waals surface area contributed by atoms with Crippen LogP contribution in [0.2, 0.25) is 0 Å². The van der Waals surface area contributed by atoms with Gasteiger partial charge in [0.2, 0.25) is 0 Å². The second-order valence-corrected chi connectivity index (χ2v) is 6.68. The van der Waals surface area contributed by atoms with Gasteiger partial charge >= 0.3 is 0 Å². The molecule has 7 heteroatoms. The Hall–Kier alpha value is -2.12. The van der Waals surface area contributed by atoms with Crippen LogP contribution in [0.3, 0.4) is 0 Å². The third kappa shape index (κ3) is 3.68. The smallest absolute Gasteiger partial charge is 0.271 e. The first kappa shape index (κ1) is 16.7. The fourth-order valence-corrected chi connectivity index (χ4v) is 3.69. The van der Waals surface area contributed by atoms with Crippen molar-refractivity contribution < 1.29 is 9.53 Å². The first-order chi connectivity index (χ1) is 11.7. The number of carbonyl (C=O) groups is 1. The van der Waals surface area contributed by atoms with E-state index < -0.39 is 0 Å². The molecule has 0 saturated carbocycles. The summed E-state index contributed by atoms with van der Waals surface area (Å²) in [5.74, 6) is 0.747. The Labute approximate surface area is 145 Å². The van der Waals surface area contributed by atoms with E-state index in [4.69, 9.17) is 10.5 Å². The summed E-state index contributed by atoms with van der Waals surface area (Å²) in [6, 6.07) is 8.07. The highest BCUT2D eigenvalue weighted by Gasteiger charge is 2.26. The van der Waals surface area contributed by atoms with Gasteiger partial charge in [0, 0.05) is 30.9 Å². The van der Waals surface area contributed by atoms with E-state index in [2.05, 4.69) is 15.2 Å². The molecular formula is C17H22N4O2S. The summed E-state index contributed by atoms with van der Waals surface area (Å²) in [6.07, 6.45) is 1.62. The van der Waals surface area contributed by atoms with Gasteiger partial charge < -0.3 is 20.7 Å². The number of hydrogen-bond donors (Lipinski definition) is 2. The van der Waals surface area contributed by atoms with Gasteiger partial charge in [-0.1, -0.05) is 12.1 Å². The average molecular weight is 346 g/mol. The summed E-state index contributed by atoms with van der Waals surface area (Å²) < 4.78 is 5.42. The van der Waals surface area contributed by atoms with Crippen LogP contribution >= 0.6 is 11.3 Å². The minimum absolute atomic E-state index is 0.110. The molecule has 24 heavy (non-hydrogen) atoms. The molecule has 0 aliphatic carbocycles. The number of carbonyl (C=O) groups excluding carboxylic acids is 1. The van der Waals surface area contributed by atoms with Gasteiger partial charge in [0.25, 0.3) is 5.91 Å². The Bertz CT molecular complexity index is 703. The lowest BCUT2D eigenvalue weighted by atomic mass is 10.2. The number of benzene rings is 1. The molecule has 3 rings (SSSR count). The number of methoxy groups -OCH3 is 1. The number of nitrogens with two attached hydrogens (primary N) is 1. The monoisotopic (exact) mass is 346 g/mol. The molecule has 2 heterocycles. The van der Waals surface area contributed by atoms with Crippen LogP contribution in [-0.2, 0) is 6.42 Å². The van der Waals surface area contributed by atoms with Gasteiger partial charge in [-0.05, 0) is 25.1 Å². The molecule has 0 spiro atoms. The number of para-hydroxylation sites is 2. The zero-order valence-electron chi connectivity index (χ0n) is 13.7. The van der Waals surface area contributed by atoms with Gasteiger partial charge in [-0.25, -0.2) is 4.98 Å². The summed E-state index contributed by atoms with van der Waals surface area (Å²) in [4.78, 5) is 18.9. The van der Waals surface area contributed by atoms with Crippen LogP contribution in [0.1, 0.15) is 21.9 Å². The number of ether oxygens (including phenoxy) is 1. The van der Waals surface area contributed by atoms with Crippen LogP contribution in [0.15, 0.2) is 29.6 Å². The maximum atomic E-state index is 12.3. The van der Waals surface area contributed by atoms with E-state index in [1.807, 2.05) is 24.3 Å². The molecule has 3 N–H and O–H groups in total. The van der Waals surface area contributed by atoms with Crippen LogP contribution in [0.4, 0.5) is 5.69 Å². The molecule has 2 aromatic rings. The Balaban J connectivity index is 1.60. The number of thiazole rings is 1. The molecule has 1 aliphatic heterocycles. The Morgan fingerprint density at radius 3 is 3.12 bits per heavy atom. The molecule has 1 atom stereocenters. The SMILES string of the molecule is COc1ccccc1N1CCC(NC(=O)c2csc(CCN)n2)C1. The lowest BCUT2D eigenvalue weighted by molar-refractivity contribution is 0.0936. The summed E-state index contributed by atoms with van der Waals surface area (Å²) in [5, 5.41) is 5.79. The van der Waals surface area contributed by atoms with Crippen molar-refractivity contribution >= 4 is 22.9 Å². The largest absolute Gasteiger partial charge is 0.495 e. The minimum Gasteiger partial charge on any atom is -0.495 e. The van der Waals surface area contributed by atoms with Crippen molar-refractivity contribution in [2.45, 2.75) is 18.9 Å². The molecule has 1 saturated heterocycles. The summed E-state index contributed by atoms with van der Waals surface area (Å²) in [7, 11) is 1.68. The van der Waals surface area contributed by atoms with Gasteiger partial charge in [0.15, 0.2) is 0 Å². The Kier molecular flexibility index (Phi) is 5.32. The minimum atomic E-state index is -0.110. The van der Waals surface area contributed by atoms with Crippen molar-refractivity contribution in [2.24, 2.45) is 5.73 Å². The van der Waals surface area contributed by atoms with Crippen LogP contribution in [-0.4, -0.2) is 43.7 Å². The standard InChI is InChI=1S/C17H22N4O2S/c1-23-15-5-3-2-4-14(15)21-9-7-12(10-21)19-17(22)13-11-24-16(20-13)6-8-18/h2-5,11-12H,6-10,18H2,1H3,(H,19,22). The number of aromatic nitrogens is 1. The van der Waals surface area contributed by atoms with E-state index >= 15 is 0 Å². The van der Waals surface area contributed by atoms with E-state index in [1.165, 1.54) is 11.3 Å². The van der Waals surface area contributed by atoms with E-state index in [0.29, 0.717) is 18.7 Å². The number of rotatable bonds is 6. The van der Waals surface area contributed by atoms with Gasteiger partial charge in [-0.2, -0.15) is 0 Å². The number of nitrogens with one attached hydrogen (secondary N) is 1. The fraction of sp³-hybridized carbons (Fsp3) is 0.412. The van der Waals surface area contributed by atoms with E-state index in [9.17, 15) is 4.79 Å². The molecule has 1 aliphatic rings. The van der Waals surface area contributed by atoms with Gasteiger partial charge in [-0.3, -0.25) is 4.79 Å². The molecule has 1 fully saturated rings. The van der Waals surface area contributed by atoms with Crippen LogP contribution in [0.25, 0.3) is 0 Å². The Morgan fingerprint density at radius 1 is 1.50 bits per heavy atom. The number of hydrogen-bond acceptors (Lipinski definition) is 6. The second kappa shape index (κ2) is 7.63. The highest BCUT2D eigenvalue weighted by atomic mass is 32.1. The molecule has 1 unspecified atom stereocenters. The van der Waals surface area contributed by atoms with E-state index in [0.717, 1.165) is 36.0 Å². The maximum Gasteiger partial charge on any atom is 0.271 e. The molecule has 1 amide bonds. The molecule has 6 nitrogen and oxygen atoms in total. The second-order valence-electron chi connectivity index (χ2n) is 5.74. The number of amides is 1. The summed E-state index contributed by atoms with van der Waals surface area (Å²) in [6.45, 7) is 2.21. The lowest BCUT2D eigenvalue weighted by Crippen LogP contribution is -2.37. The van der Waals surface area contributed by atoms with Crippen molar-refractivity contribution in [3.8, 4) is 5.75 Å².